The van der Waals surface area contributed by atoms with Gasteiger partial charge in [0.25, 0.3) is 0 Å². The molecule has 1 fully saturated rings. The number of benzene rings is 1. The Labute approximate surface area is 103 Å². The summed E-state index contributed by atoms with van der Waals surface area (Å²) in [6, 6.07) is 2.86. The van der Waals surface area contributed by atoms with E-state index in [-0.39, 0.29) is 11.9 Å². The second-order valence-corrected chi connectivity index (χ2v) is 5.66. The first-order valence-electron chi connectivity index (χ1n) is 5.33. The molecular formula is C12H15BrFNO. The molecule has 0 saturated heterocycles. The normalized spacial score (nSPS) is 16.3. The molecule has 0 amide bonds. The van der Waals surface area contributed by atoms with Crippen LogP contribution >= 0.6 is 15.9 Å². The molecule has 0 heterocycles. The zero-order valence-electron chi connectivity index (χ0n) is 9.39. The van der Waals surface area contributed by atoms with Crippen LogP contribution in [-0.4, -0.2) is 6.10 Å². The zero-order chi connectivity index (χ0) is 11.9. The molecule has 2 N–H and O–H groups in total. The first-order valence-corrected chi connectivity index (χ1v) is 6.12. The maximum atomic E-state index is 13.4. The summed E-state index contributed by atoms with van der Waals surface area (Å²) in [5.41, 5.74) is 6.11. The van der Waals surface area contributed by atoms with Crippen LogP contribution in [0.1, 0.15) is 32.3 Å². The molecule has 0 bridgehead atoms. The van der Waals surface area contributed by atoms with Gasteiger partial charge in [-0.1, -0.05) is 0 Å². The van der Waals surface area contributed by atoms with Crippen molar-refractivity contribution in [3.8, 4) is 5.75 Å². The van der Waals surface area contributed by atoms with Crippen molar-refractivity contribution in [3.63, 3.8) is 0 Å². The molecule has 1 aliphatic rings. The van der Waals surface area contributed by atoms with Crippen LogP contribution in [-0.2, 0) is 5.54 Å². The minimum Gasteiger partial charge on any atom is -0.489 e. The fraction of sp³-hybridized carbons (Fsp3) is 0.500. The maximum absolute atomic E-state index is 13.4. The topological polar surface area (TPSA) is 35.2 Å². The van der Waals surface area contributed by atoms with E-state index < -0.39 is 5.54 Å². The van der Waals surface area contributed by atoms with Gasteiger partial charge >= 0.3 is 0 Å². The summed E-state index contributed by atoms with van der Waals surface area (Å²) in [5, 5.41) is 0. The molecule has 0 atom stereocenters. The third-order valence-corrected chi connectivity index (χ3v) is 3.10. The maximum Gasteiger partial charge on any atom is 0.139 e. The van der Waals surface area contributed by atoms with Crippen LogP contribution in [0.4, 0.5) is 4.39 Å². The Morgan fingerprint density at radius 3 is 2.56 bits per heavy atom. The Morgan fingerprint density at radius 2 is 2.06 bits per heavy atom. The van der Waals surface area contributed by atoms with E-state index >= 15 is 0 Å². The molecule has 1 aliphatic carbocycles. The molecular weight excluding hydrogens is 273 g/mol. The van der Waals surface area contributed by atoms with Gasteiger partial charge in [0, 0.05) is 11.1 Å². The van der Waals surface area contributed by atoms with Crippen LogP contribution in [0.3, 0.4) is 0 Å². The van der Waals surface area contributed by atoms with Crippen molar-refractivity contribution in [2.24, 2.45) is 5.73 Å². The second-order valence-electron chi connectivity index (χ2n) is 4.80. The minimum absolute atomic E-state index is 0.267. The molecule has 1 saturated carbocycles. The van der Waals surface area contributed by atoms with Crippen molar-refractivity contribution in [3.05, 3.63) is 28.0 Å². The van der Waals surface area contributed by atoms with E-state index in [1.807, 2.05) is 13.8 Å². The average Bonchev–Trinajstić information content (AvgIpc) is 2.91. The summed E-state index contributed by atoms with van der Waals surface area (Å²) in [6.07, 6.45) is 2.39. The van der Waals surface area contributed by atoms with Crippen LogP contribution in [0.15, 0.2) is 16.6 Å². The Hall–Kier alpha value is -0.610. The molecule has 2 nitrogen and oxygen atoms in total. The highest BCUT2D eigenvalue weighted by Gasteiger charge is 2.29. The molecule has 0 spiro atoms. The largest absolute Gasteiger partial charge is 0.489 e. The van der Waals surface area contributed by atoms with Gasteiger partial charge < -0.3 is 10.5 Å². The molecule has 1 aromatic rings. The van der Waals surface area contributed by atoms with E-state index in [4.69, 9.17) is 10.5 Å². The molecule has 1 aromatic carbocycles. The van der Waals surface area contributed by atoms with E-state index in [1.54, 1.807) is 0 Å². The van der Waals surface area contributed by atoms with Crippen molar-refractivity contribution in [1.82, 2.24) is 0 Å². The first kappa shape index (κ1) is 11.9. The number of hydrogen-bond donors (Lipinski definition) is 1. The van der Waals surface area contributed by atoms with E-state index in [1.165, 1.54) is 12.1 Å². The number of rotatable bonds is 3. The summed E-state index contributed by atoms with van der Waals surface area (Å²) in [7, 11) is 0. The van der Waals surface area contributed by atoms with Crippen LogP contribution in [0.5, 0.6) is 5.75 Å². The van der Waals surface area contributed by atoms with Crippen molar-refractivity contribution >= 4 is 15.9 Å². The lowest BCUT2D eigenvalue weighted by atomic mass is 9.94. The van der Waals surface area contributed by atoms with Gasteiger partial charge in [0.2, 0.25) is 0 Å². The molecule has 0 radical (unpaired) electrons. The van der Waals surface area contributed by atoms with Crippen molar-refractivity contribution in [1.29, 1.82) is 0 Å². The van der Waals surface area contributed by atoms with Gasteiger partial charge in [0.1, 0.15) is 11.6 Å². The summed E-state index contributed by atoms with van der Waals surface area (Å²) in [6.45, 7) is 3.68. The van der Waals surface area contributed by atoms with E-state index in [2.05, 4.69) is 15.9 Å². The Bertz CT molecular complexity index is 410. The SMILES string of the molecule is CC(C)(N)c1cc(F)cc(Br)c1OC1CC1. The summed E-state index contributed by atoms with van der Waals surface area (Å²) >= 11 is 3.33. The van der Waals surface area contributed by atoms with Gasteiger partial charge in [-0.05, 0) is 54.8 Å². The third-order valence-electron chi connectivity index (χ3n) is 2.51. The van der Waals surface area contributed by atoms with Gasteiger partial charge in [0.05, 0.1) is 10.6 Å². The predicted molar refractivity (Wildman–Crippen MR) is 65.0 cm³/mol. The molecule has 4 heteroatoms. The van der Waals surface area contributed by atoms with Gasteiger partial charge in [-0.3, -0.25) is 0 Å². The van der Waals surface area contributed by atoms with Crippen LogP contribution < -0.4 is 10.5 Å². The minimum atomic E-state index is -0.616. The van der Waals surface area contributed by atoms with Gasteiger partial charge in [-0.25, -0.2) is 4.39 Å². The fourth-order valence-electron chi connectivity index (χ4n) is 1.51. The molecule has 16 heavy (non-hydrogen) atoms. The quantitative estimate of drug-likeness (QED) is 0.926. The highest BCUT2D eigenvalue weighted by Crippen LogP contribution is 2.39. The van der Waals surface area contributed by atoms with Gasteiger partial charge in [-0.15, -0.1) is 0 Å². The summed E-state index contributed by atoms with van der Waals surface area (Å²) in [5.74, 6) is 0.375. The predicted octanol–water partition coefficient (Wildman–Crippen LogP) is 3.32. The third kappa shape index (κ3) is 2.55. The van der Waals surface area contributed by atoms with Crippen LogP contribution in [0.25, 0.3) is 0 Å². The molecule has 88 valence electrons. The van der Waals surface area contributed by atoms with Crippen molar-refractivity contribution in [2.45, 2.75) is 38.3 Å². The Balaban J connectivity index is 2.45. The van der Waals surface area contributed by atoms with Crippen molar-refractivity contribution < 1.29 is 9.13 Å². The van der Waals surface area contributed by atoms with E-state index in [0.717, 1.165) is 12.8 Å². The van der Waals surface area contributed by atoms with Crippen LogP contribution in [0, 0.1) is 5.82 Å². The Morgan fingerprint density at radius 1 is 1.44 bits per heavy atom. The summed E-state index contributed by atoms with van der Waals surface area (Å²) in [4.78, 5) is 0. The lowest BCUT2D eigenvalue weighted by Gasteiger charge is -2.23. The Kier molecular flexibility index (Phi) is 2.97. The zero-order valence-corrected chi connectivity index (χ0v) is 11.0. The first-order chi connectivity index (χ1) is 7.38. The van der Waals surface area contributed by atoms with E-state index in [9.17, 15) is 4.39 Å². The fourth-order valence-corrected chi connectivity index (χ4v) is 2.04. The van der Waals surface area contributed by atoms with Gasteiger partial charge in [0.15, 0.2) is 0 Å². The standard InChI is InChI=1S/C12H15BrFNO/c1-12(2,15)9-5-7(14)6-10(13)11(9)16-8-3-4-8/h5-6,8H,3-4,15H2,1-2H3. The van der Waals surface area contributed by atoms with Gasteiger partial charge in [-0.2, -0.15) is 0 Å². The van der Waals surface area contributed by atoms with Crippen molar-refractivity contribution in [2.75, 3.05) is 0 Å². The lowest BCUT2D eigenvalue weighted by Crippen LogP contribution is -2.29. The molecule has 0 aromatic heterocycles. The summed E-state index contributed by atoms with van der Waals surface area (Å²) < 4.78 is 19.8. The number of hydrogen-bond acceptors (Lipinski definition) is 2. The smallest absolute Gasteiger partial charge is 0.139 e. The average molecular weight is 288 g/mol. The number of halogens is 2. The highest BCUT2D eigenvalue weighted by atomic mass is 79.9. The number of ether oxygens (including phenoxy) is 1. The lowest BCUT2D eigenvalue weighted by molar-refractivity contribution is 0.291. The molecule has 0 aliphatic heterocycles. The monoisotopic (exact) mass is 287 g/mol. The van der Waals surface area contributed by atoms with Crippen LogP contribution in [0.2, 0.25) is 0 Å². The highest BCUT2D eigenvalue weighted by molar-refractivity contribution is 9.10. The second kappa shape index (κ2) is 4.00. The number of nitrogens with two attached hydrogens (primary N) is 1. The molecule has 0 unspecified atom stereocenters. The molecule has 2 rings (SSSR count). The van der Waals surface area contributed by atoms with E-state index in [0.29, 0.717) is 15.8 Å².